The van der Waals surface area contributed by atoms with Crippen molar-refractivity contribution in [1.29, 1.82) is 0 Å². The van der Waals surface area contributed by atoms with Gasteiger partial charge in [0.25, 0.3) is 0 Å². The molecule has 0 amide bonds. The lowest BCUT2D eigenvalue weighted by molar-refractivity contribution is 0.478. The van der Waals surface area contributed by atoms with Crippen LogP contribution in [-0.4, -0.2) is 12.0 Å². The Morgan fingerprint density at radius 1 is 1.22 bits per heavy atom. The Balaban J connectivity index is 2.19. The van der Waals surface area contributed by atoms with Crippen molar-refractivity contribution in [2.45, 2.75) is 13.0 Å². The SMILES string of the molecule is CNC(C)c1cccc(Oc2cncc(Br)c2)c1. The Hall–Kier alpha value is -1.39. The number of hydrogen-bond acceptors (Lipinski definition) is 3. The molecule has 0 saturated carbocycles. The summed E-state index contributed by atoms with van der Waals surface area (Å²) in [5.74, 6) is 1.54. The molecule has 0 radical (unpaired) electrons. The van der Waals surface area contributed by atoms with Gasteiger partial charge in [-0.1, -0.05) is 12.1 Å². The first-order valence-electron chi connectivity index (χ1n) is 5.74. The van der Waals surface area contributed by atoms with Crippen LogP contribution in [0.3, 0.4) is 0 Å². The van der Waals surface area contributed by atoms with Gasteiger partial charge in [0.05, 0.1) is 6.20 Å². The molecule has 1 atom stereocenters. The van der Waals surface area contributed by atoms with Crippen molar-refractivity contribution in [3.8, 4) is 11.5 Å². The third kappa shape index (κ3) is 3.31. The third-order valence-electron chi connectivity index (χ3n) is 2.71. The minimum atomic E-state index is 0.300. The van der Waals surface area contributed by atoms with Gasteiger partial charge in [0, 0.05) is 16.7 Å². The molecule has 18 heavy (non-hydrogen) atoms. The van der Waals surface area contributed by atoms with E-state index in [0.29, 0.717) is 6.04 Å². The zero-order valence-corrected chi connectivity index (χ0v) is 11.9. The molecule has 0 aliphatic rings. The van der Waals surface area contributed by atoms with Crippen molar-refractivity contribution < 1.29 is 4.74 Å². The lowest BCUT2D eigenvalue weighted by Crippen LogP contribution is -2.11. The topological polar surface area (TPSA) is 34.1 Å². The summed E-state index contributed by atoms with van der Waals surface area (Å²) in [4.78, 5) is 4.07. The van der Waals surface area contributed by atoms with Crippen molar-refractivity contribution in [2.24, 2.45) is 0 Å². The predicted octanol–water partition coefficient (Wildman–Crippen LogP) is 3.92. The van der Waals surface area contributed by atoms with Crippen LogP contribution in [0.25, 0.3) is 0 Å². The van der Waals surface area contributed by atoms with E-state index in [1.54, 1.807) is 12.4 Å². The highest BCUT2D eigenvalue weighted by Gasteiger charge is 2.04. The second kappa shape index (κ2) is 5.98. The normalized spacial score (nSPS) is 12.2. The van der Waals surface area contributed by atoms with E-state index in [9.17, 15) is 0 Å². The molecule has 1 unspecified atom stereocenters. The Bertz CT molecular complexity index is 531. The summed E-state index contributed by atoms with van der Waals surface area (Å²) in [6.45, 7) is 2.11. The van der Waals surface area contributed by atoms with E-state index in [0.717, 1.165) is 16.0 Å². The van der Waals surface area contributed by atoms with Crippen LogP contribution >= 0.6 is 15.9 Å². The van der Waals surface area contributed by atoms with Gasteiger partial charge in [0.1, 0.15) is 11.5 Å². The number of nitrogens with zero attached hydrogens (tertiary/aromatic N) is 1. The molecule has 2 rings (SSSR count). The first kappa shape index (κ1) is 13.1. The monoisotopic (exact) mass is 306 g/mol. The summed E-state index contributed by atoms with van der Waals surface area (Å²) >= 11 is 3.37. The highest BCUT2D eigenvalue weighted by molar-refractivity contribution is 9.10. The van der Waals surface area contributed by atoms with Gasteiger partial charge in [-0.3, -0.25) is 4.98 Å². The van der Waals surface area contributed by atoms with E-state index in [-0.39, 0.29) is 0 Å². The van der Waals surface area contributed by atoms with Crippen LogP contribution in [0.5, 0.6) is 11.5 Å². The van der Waals surface area contributed by atoms with Crippen LogP contribution in [0, 0.1) is 0 Å². The van der Waals surface area contributed by atoms with Crippen LogP contribution < -0.4 is 10.1 Å². The van der Waals surface area contributed by atoms with Gasteiger partial charge in [0.15, 0.2) is 0 Å². The lowest BCUT2D eigenvalue weighted by atomic mass is 10.1. The summed E-state index contributed by atoms with van der Waals surface area (Å²) in [6.07, 6.45) is 3.42. The van der Waals surface area contributed by atoms with Gasteiger partial charge < -0.3 is 10.1 Å². The molecule has 3 nitrogen and oxygen atoms in total. The fraction of sp³-hybridized carbons (Fsp3) is 0.214. The number of pyridine rings is 1. The Kier molecular flexibility index (Phi) is 4.33. The van der Waals surface area contributed by atoms with E-state index in [2.05, 4.69) is 39.2 Å². The van der Waals surface area contributed by atoms with Gasteiger partial charge in [0.2, 0.25) is 0 Å². The standard InChI is InChI=1S/C14H15BrN2O/c1-10(16-2)11-4-3-5-13(6-11)18-14-7-12(15)8-17-9-14/h3-10,16H,1-2H3. The van der Waals surface area contributed by atoms with Crippen molar-refractivity contribution in [1.82, 2.24) is 10.3 Å². The molecule has 0 aliphatic carbocycles. The second-order valence-electron chi connectivity index (χ2n) is 4.02. The van der Waals surface area contributed by atoms with E-state index >= 15 is 0 Å². The number of hydrogen-bond donors (Lipinski definition) is 1. The smallest absolute Gasteiger partial charge is 0.146 e. The summed E-state index contributed by atoms with van der Waals surface area (Å²) < 4.78 is 6.68. The van der Waals surface area contributed by atoms with Gasteiger partial charge in [-0.2, -0.15) is 0 Å². The molecule has 1 aromatic carbocycles. The number of rotatable bonds is 4. The maximum atomic E-state index is 5.77. The quantitative estimate of drug-likeness (QED) is 0.929. The molecule has 0 aliphatic heterocycles. The highest BCUT2D eigenvalue weighted by Crippen LogP contribution is 2.25. The Labute approximate surface area is 115 Å². The van der Waals surface area contributed by atoms with E-state index in [1.807, 2.05) is 31.3 Å². The Morgan fingerprint density at radius 3 is 2.78 bits per heavy atom. The first-order valence-corrected chi connectivity index (χ1v) is 6.54. The van der Waals surface area contributed by atoms with E-state index in [1.165, 1.54) is 5.56 Å². The summed E-state index contributed by atoms with van der Waals surface area (Å²) in [6, 6.07) is 10.2. The molecule has 1 heterocycles. The number of benzene rings is 1. The average molecular weight is 307 g/mol. The summed E-state index contributed by atoms with van der Waals surface area (Å²) in [7, 11) is 1.94. The molecule has 0 bridgehead atoms. The van der Waals surface area contributed by atoms with Gasteiger partial charge in [-0.25, -0.2) is 0 Å². The van der Waals surface area contributed by atoms with Crippen LogP contribution in [0.2, 0.25) is 0 Å². The van der Waals surface area contributed by atoms with E-state index in [4.69, 9.17) is 4.74 Å². The molecule has 94 valence electrons. The number of ether oxygens (including phenoxy) is 1. The van der Waals surface area contributed by atoms with Crippen LogP contribution in [0.15, 0.2) is 47.2 Å². The molecule has 0 spiro atoms. The van der Waals surface area contributed by atoms with Crippen molar-refractivity contribution >= 4 is 15.9 Å². The number of nitrogens with one attached hydrogen (secondary N) is 1. The highest BCUT2D eigenvalue weighted by atomic mass is 79.9. The second-order valence-corrected chi connectivity index (χ2v) is 4.94. The van der Waals surface area contributed by atoms with Crippen molar-refractivity contribution in [3.05, 3.63) is 52.8 Å². The lowest BCUT2D eigenvalue weighted by Gasteiger charge is -2.12. The zero-order chi connectivity index (χ0) is 13.0. The van der Waals surface area contributed by atoms with Crippen molar-refractivity contribution in [3.63, 3.8) is 0 Å². The molecule has 1 aromatic heterocycles. The van der Waals surface area contributed by atoms with Crippen LogP contribution in [0.4, 0.5) is 0 Å². The van der Waals surface area contributed by atoms with Gasteiger partial charge in [-0.05, 0) is 53.7 Å². The molecular weight excluding hydrogens is 292 g/mol. The number of halogens is 1. The summed E-state index contributed by atoms with van der Waals surface area (Å²) in [5.41, 5.74) is 1.19. The third-order valence-corrected chi connectivity index (χ3v) is 3.14. The predicted molar refractivity (Wildman–Crippen MR) is 75.9 cm³/mol. The maximum absolute atomic E-state index is 5.77. The minimum Gasteiger partial charge on any atom is -0.456 e. The zero-order valence-electron chi connectivity index (χ0n) is 10.4. The van der Waals surface area contributed by atoms with Gasteiger partial charge >= 0.3 is 0 Å². The molecule has 0 saturated heterocycles. The fourth-order valence-electron chi connectivity index (χ4n) is 1.60. The fourth-order valence-corrected chi connectivity index (χ4v) is 1.94. The molecular formula is C14H15BrN2O. The maximum Gasteiger partial charge on any atom is 0.146 e. The first-order chi connectivity index (χ1) is 8.69. The van der Waals surface area contributed by atoms with Crippen LogP contribution in [0.1, 0.15) is 18.5 Å². The van der Waals surface area contributed by atoms with Crippen LogP contribution in [-0.2, 0) is 0 Å². The van der Waals surface area contributed by atoms with E-state index < -0.39 is 0 Å². The summed E-state index contributed by atoms with van der Waals surface area (Å²) in [5, 5.41) is 3.21. The Morgan fingerprint density at radius 2 is 2.06 bits per heavy atom. The number of aromatic nitrogens is 1. The largest absolute Gasteiger partial charge is 0.456 e. The van der Waals surface area contributed by atoms with Crippen molar-refractivity contribution in [2.75, 3.05) is 7.05 Å². The van der Waals surface area contributed by atoms with Gasteiger partial charge in [-0.15, -0.1) is 0 Å². The molecule has 2 aromatic rings. The molecule has 1 N–H and O–H groups in total. The average Bonchev–Trinajstić information content (AvgIpc) is 2.38. The molecule has 0 fully saturated rings. The molecule has 4 heteroatoms. The minimum absolute atomic E-state index is 0.300.